The number of nitrogens with two attached hydrogens (primary N) is 1. The lowest BCUT2D eigenvalue weighted by molar-refractivity contribution is 0.0442. The van der Waals surface area contributed by atoms with Crippen molar-refractivity contribution in [2.24, 2.45) is 5.84 Å². The number of hydrogen-bond donors (Lipinski definition) is 3. The lowest BCUT2D eigenvalue weighted by Crippen LogP contribution is -2.30. The van der Waals surface area contributed by atoms with Crippen molar-refractivity contribution in [2.45, 2.75) is 45.3 Å². The predicted molar refractivity (Wildman–Crippen MR) is 74.9 cm³/mol. The Kier molecular flexibility index (Phi) is 4.47. The fourth-order valence-corrected chi connectivity index (χ4v) is 2.62. The highest BCUT2D eigenvalue weighted by atomic mass is 16.3. The van der Waals surface area contributed by atoms with Crippen LogP contribution in [0.5, 0.6) is 0 Å². The minimum atomic E-state index is -0.571. The van der Waals surface area contributed by atoms with Gasteiger partial charge in [-0.15, -0.1) is 0 Å². The number of carbonyl (C=O) groups excluding carboxylic acids is 1. The zero-order valence-corrected chi connectivity index (χ0v) is 12.1. The van der Waals surface area contributed by atoms with Crippen molar-refractivity contribution < 1.29 is 14.3 Å². The Bertz CT molecular complexity index is 482. The Morgan fingerprint density at radius 3 is 3.00 bits per heavy atom. The van der Waals surface area contributed by atoms with Gasteiger partial charge in [0.1, 0.15) is 11.5 Å². The van der Waals surface area contributed by atoms with Crippen LogP contribution in [0.4, 0.5) is 0 Å². The number of nitrogens with zero attached hydrogens (tertiary/aromatic N) is 1. The van der Waals surface area contributed by atoms with Crippen molar-refractivity contribution in [1.82, 2.24) is 10.3 Å². The number of nitrogen functional groups attached to an aromatic ring is 1. The van der Waals surface area contributed by atoms with Gasteiger partial charge in [0, 0.05) is 6.54 Å². The highest BCUT2D eigenvalue weighted by Crippen LogP contribution is 2.23. The number of likely N-dealkylation sites (tertiary alicyclic amines) is 1. The fourth-order valence-electron chi connectivity index (χ4n) is 2.62. The molecule has 6 nitrogen and oxygen atoms in total. The van der Waals surface area contributed by atoms with Crippen LogP contribution in [0, 0.1) is 6.92 Å². The molecule has 20 heavy (non-hydrogen) atoms. The van der Waals surface area contributed by atoms with Gasteiger partial charge in [0.25, 0.3) is 5.91 Å². The average Bonchev–Trinajstić information content (AvgIpc) is 2.66. The Labute approximate surface area is 118 Å². The third kappa shape index (κ3) is 3.59. The predicted octanol–water partition coefficient (Wildman–Crippen LogP) is 0.928. The van der Waals surface area contributed by atoms with E-state index < -0.39 is 5.60 Å². The van der Waals surface area contributed by atoms with E-state index >= 15 is 0 Å². The van der Waals surface area contributed by atoms with Gasteiger partial charge in [-0.2, -0.15) is 0 Å². The molecule has 1 aromatic heterocycles. The second kappa shape index (κ2) is 5.95. The number of aliphatic hydroxyl groups is 1. The molecule has 2 rings (SSSR count). The lowest BCUT2D eigenvalue weighted by atomic mass is 9.98. The molecule has 0 aliphatic carbocycles. The molecule has 1 aliphatic heterocycles. The van der Waals surface area contributed by atoms with Gasteiger partial charge in [-0.25, -0.2) is 5.84 Å². The molecule has 1 atom stereocenters. The molecule has 0 radical (unpaired) electrons. The van der Waals surface area contributed by atoms with Crippen molar-refractivity contribution in [2.75, 3.05) is 13.1 Å². The summed E-state index contributed by atoms with van der Waals surface area (Å²) in [6.45, 7) is 6.03. The van der Waals surface area contributed by atoms with Gasteiger partial charge in [0.05, 0.1) is 17.7 Å². The van der Waals surface area contributed by atoms with Gasteiger partial charge in [-0.1, -0.05) is 0 Å². The number of aryl methyl sites for hydroxylation is 1. The average molecular weight is 281 g/mol. The van der Waals surface area contributed by atoms with Crippen LogP contribution in [-0.4, -0.2) is 34.6 Å². The van der Waals surface area contributed by atoms with Crippen LogP contribution in [0.3, 0.4) is 0 Å². The molecule has 1 saturated heterocycles. The van der Waals surface area contributed by atoms with Gasteiger partial charge in [-0.05, 0) is 45.7 Å². The van der Waals surface area contributed by atoms with E-state index in [1.54, 1.807) is 13.0 Å². The molecule has 1 amide bonds. The molecular formula is C14H23N3O3. The third-order valence-electron chi connectivity index (χ3n) is 3.88. The largest absolute Gasteiger partial charge is 0.464 e. The van der Waals surface area contributed by atoms with Crippen molar-refractivity contribution in [1.29, 1.82) is 0 Å². The molecular weight excluding hydrogens is 258 g/mol. The Morgan fingerprint density at radius 1 is 1.55 bits per heavy atom. The summed E-state index contributed by atoms with van der Waals surface area (Å²) in [5, 5.41) is 10.1. The summed E-state index contributed by atoms with van der Waals surface area (Å²) in [6.07, 6.45) is 2.53. The van der Waals surface area contributed by atoms with E-state index in [9.17, 15) is 9.90 Å². The van der Waals surface area contributed by atoms with E-state index in [0.717, 1.165) is 38.1 Å². The van der Waals surface area contributed by atoms with Gasteiger partial charge < -0.3 is 9.52 Å². The monoisotopic (exact) mass is 281 g/mol. The maximum absolute atomic E-state index is 11.5. The molecule has 1 unspecified atom stereocenters. The van der Waals surface area contributed by atoms with Gasteiger partial charge in [0.15, 0.2) is 0 Å². The third-order valence-corrected chi connectivity index (χ3v) is 3.88. The van der Waals surface area contributed by atoms with E-state index in [2.05, 4.69) is 10.3 Å². The fraction of sp³-hybridized carbons (Fsp3) is 0.643. The molecule has 1 aliphatic rings. The molecule has 6 heteroatoms. The van der Waals surface area contributed by atoms with E-state index in [4.69, 9.17) is 10.3 Å². The molecule has 0 aromatic carbocycles. The summed E-state index contributed by atoms with van der Waals surface area (Å²) < 4.78 is 5.61. The second-order valence-electron chi connectivity index (χ2n) is 5.78. The minimum Gasteiger partial charge on any atom is -0.464 e. The highest BCUT2D eigenvalue weighted by Gasteiger charge is 2.25. The first-order chi connectivity index (χ1) is 9.41. The maximum atomic E-state index is 11.5. The van der Waals surface area contributed by atoms with Crippen LogP contribution in [0.2, 0.25) is 0 Å². The van der Waals surface area contributed by atoms with Crippen LogP contribution in [0.15, 0.2) is 10.5 Å². The lowest BCUT2D eigenvalue weighted by Gasteiger charge is -2.21. The van der Waals surface area contributed by atoms with Gasteiger partial charge >= 0.3 is 0 Å². The number of hydrazine groups is 1. The van der Waals surface area contributed by atoms with Crippen LogP contribution >= 0.6 is 0 Å². The summed E-state index contributed by atoms with van der Waals surface area (Å²) in [6, 6.07) is 1.74. The first-order valence-corrected chi connectivity index (χ1v) is 6.96. The van der Waals surface area contributed by atoms with Crippen LogP contribution in [-0.2, 0) is 6.54 Å². The standard InChI is InChI=1S/C14H23N3O3/c1-10-12(13(18)16-15)8-11(20-10)9-17-6-3-4-14(2,19)5-7-17/h8,19H,3-7,9,15H2,1-2H3,(H,16,18). The quantitative estimate of drug-likeness (QED) is 0.435. The summed E-state index contributed by atoms with van der Waals surface area (Å²) >= 11 is 0. The molecule has 0 bridgehead atoms. The van der Waals surface area contributed by atoms with Crippen LogP contribution < -0.4 is 11.3 Å². The van der Waals surface area contributed by atoms with E-state index in [1.807, 2.05) is 6.92 Å². The smallest absolute Gasteiger partial charge is 0.268 e. The van der Waals surface area contributed by atoms with Crippen molar-refractivity contribution >= 4 is 5.91 Å². The van der Waals surface area contributed by atoms with Crippen molar-refractivity contribution in [3.05, 3.63) is 23.2 Å². The minimum absolute atomic E-state index is 0.337. The SMILES string of the molecule is Cc1oc(CN2CCCC(C)(O)CC2)cc1C(=O)NN. The Hall–Kier alpha value is -1.37. The maximum Gasteiger partial charge on any atom is 0.268 e. The molecule has 1 aromatic rings. The second-order valence-corrected chi connectivity index (χ2v) is 5.78. The summed E-state index contributed by atoms with van der Waals surface area (Å²) in [5.41, 5.74) is 2.02. The highest BCUT2D eigenvalue weighted by molar-refractivity contribution is 5.94. The first kappa shape index (κ1) is 15.0. The first-order valence-electron chi connectivity index (χ1n) is 6.96. The number of amides is 1. The van der Waals surface area contributed by atoms with Crippen LogP contribution in [0.25, 0.3) is 0 Å². The topological polar surface area (TPSA) is 91.7 Å². The number of furan rings is 1. The Balaban J connectivity index is 2.01. The molecule has 112 valence electrons. The number of nitrogens with one attached hydrogen (secondary N) is 1. The molecule has 1 fully saturated rings. The summed E-state index contributed by atoms with van der Waals surface area (Å²) in [4.78, 5) is 13.8. The number of carbonyl (C=O) groups is 1. The molecule has 2 heterocycles. The normalized spacial score (nSPS) is 24.4. The van der Waals surface area contributed by atoms with Crippen LogP contribution in [0.1, 0.15) is 48.1 Å². The van der Waals surface area contributed by atoms with Gasteiger partial charge in [-0.3, -0.25) is 15.1 Å². The number of hydrogen-bond acceptors (Lipinski definition) is 5. The van der Waals surface area contributed by atoms with E-state index in [-0.39, 0.29) is 5.91 Å². The molecule has 0 spiro atoms. The van der Waals surface area contributed by atoms with E-state index in [1.165, 1.54) is 0 Å². The van der Waals surface area contributed by atoms with Gasteiger partial charge in [0.2, 0.25) is 0 Å². The molecule has 4 N–H and O–H groups in total. The van der Waals surface area contributed by atoms with Crippen molar-refractivity contribution in [3.63, 3.8) is 0 Å². The van der Waals surface area contributed by atoms with E-state index in [0.29, 0.717) is 17.9 Å². The number of rotatable bonds is 3. The summed E-state index contributed by atoms with van der Waals surface area (Å²) in [5.74, 6) is 6.13. The Morgan fingerprint density at radius 2 is 2.30 bits per heavy atom. The van der Waals surface area contributed by atoms with Crippen molar-refractivity contribution in [3.8, 4) is 0 Å². The summed E-state index contributed by atoms with van der Waals surface area (Å²) in [7, 11) is 0. The molecule has 0 saturated carbocycles. The zero-order valence-electron chi connectivity index (χ0n) is 12.1. The zero-order chi connectivity index (χ0) is 14.8.